The third-order valence-electron chi connectivity index (χ3n) is 3.36. The Morgan fingerprint density at radius 2 is 1.94 bits per heavy atom. The predicted octanol–water partition coefficient (Wildman–Crippen LogP) is 1.18. The number of hydrogen-bond donors (Lipinski definition) is 3. The maximum absolute atomic E-state index is 11.9. The second kappa shape index (κ2) is 7.67. The molecule has 1 rings (SSSR count). The molecule has 1 saturated carbocycles. The Bertz CT molecular complexity index is 225. The molecule has 0 aliphatic heterocycles. The number of hydrogen-bond acceptors (Lipinski definition) is 3. The molecule has 3 N–H and O–H groups in total. The van der Waals surface area contributed by atoms with Crippen molar-refractivity contribution in [1.29, 1.82) is 0 Å². The monoisotopic (exact) mass is 242 g/mol. The lowest BCUT2D eigenvalue weighted by molar-refractivity contribution is -0.123. The first-order valence-electron chi connectivity index (χ1n) is 6.81. The van der Waals surface area contributed by atoms with E-state index in [1.165, 1.54) is 19.3 Å². The zero-order valence-corrected chi connectivity index (χ0v) is 11.0. The number of aliphatic hydroxyl groups is 1. The predicted molar refractivity (Wildman–Crippen MR) is 68.8 cm³/mol. The van der Waals surface area contributed by atoms with E-state index in [2.05, 4.69) is 10.6 Å². The van der Waals surface area contributed by atoms with E-state index < -0.39 is 0 Å². The summed E-state index contributed by atoms with van der Waals surface area (Å²) >= 11 is 0. The van der Waals surface area contributed by atoms with E-state index in [0.717, 1.165) is 12.8 Å². The molecule has 1 aliphatic rings. The topological polar surface area (TPSA) is 61.4 Å². The van der Waals surface area contributed by atoms with Gasteiger partial charge in [0.25, 0.3) is 0 Å². The molecular formula is C13H26N2O2. The molecule has 0 aromatic rings. The smallest absolute Gasteiger partial charge is 0.237 e. The summed E-state index contributed by atoms with van der Waals surface area (Å²) in [5, 5.41) is 15.3. The highest BCUT2D eigenvalue weighted by Gasteiger charge is 2.18. The minimum absolute atomic E-state index is 0.0856. The maximum Gasteiger partial charge on any atom is 0.237 e. The lowest BCUT2D eigenvalue weighted by Gasteiger charge is -2.24. The zero-order valence-electron chi connectivity index (χ0n) is 11.0. The number of aliphatic hydroxyl groups excluding tert-OH is 1. The van der Waals surface area contributed by atoms with E-state index in [1.54, 1.807) is 6.92 Å². The summed E-state index contributed by atoms with van der Waals surface area (Å²) in [4.78, 5) is 11.9. The second-order valence-corrected chi connectivity index (χ2v) is 5.16. The fourth-order valence-corrected chi connectivity index (χ4v) is 2.17. The largest absolute Gasteiger partial charge is 0.393 e. The molecule has 17 heavy (non-hydrogen) atoms. The molecular weight excluding hydrogens is 216 g/mol. The summed E-state index contributed by atoms with van der Waals surface area (Å²) in [6.07, 6.45) is 6.37. The number of carbonyl (C=O) groups is 1. The number of carbonyl (C=O) groups excluding carboxylic acids is 1. The minimum atomic E-state index is -0.309. The normalized spacial score (nSPS) is 20.9. The SMILES string of the molecule is CC(O)CCNC(C)C(=O)NC1CCCCC1. The van der Waals surface area contributed by atoms with Gasteiger partial charge in [0.05, 0.1) is 12.1 Å². The lowest BCUT2D eigenvalue weighted by Crippen LogP contribution is -2.47. The van der Waals surface area contributed by atoms with Crippen LogP contribution < -0.4 is 10.6 Å². The van der Waals surface area contributed by atoms with Gasteiger partial charge in [0.1, 0.15) is 0 Å². The molecule has 2 atom stereocenters. The maximum atomic E-state index is 11.9. The van der Waals surface area contributed by atoms with Gasteiger partial charge in [0.15, 0.2) is 0 Å². The van der Waals surface area contributed by atoms with Crippen LogP contribution in [0.5, 0.6) is 0 Å². The van der Waals surface area contributed by atoms with Gasteiger partial charge in [-0.05, 0) is 39.7 Å². The van der Waals surface area contributed by atoms with Crippen molar-refractivity contribution in [2.45, 2.75) is 70.6 Å². The van der Waals surface area contributed by atoms with Gasteiger partial charge in [0, 0.05) is 6.04 Å². The molecule has 0 spiro atoms. The van der Waals surface area contributed by atoms with Crippen LogP contribution in [0.15, 0.2) is 0 Å². The minimum Gasteiger partial charge on any atom is -0.393 e. The van der Waals surface area contributed by atoms with E-state index in [4.69, 9.17) is 5.11 Å². The number of amides is 1. The van der Waals surface area contributed by atoms with E-state index in [9.17, 15) is 4.79 Å². The van der Waals surface area contributed by atoms with Crippen LogP contribution in [0.3, 0.4) is 0 Å². The van der Waals surface area contributed by atoms with Crippen molar-refractivity contribution < 1.29 is 9.90 Å². The van der Waals surface area contributed by atoms with Gasteiger partial charge in [-0.15, -0.1) is 0 Å². The van der Waals surface area contributed by atoms with E-state index >= 15 is 0 Å². The molecule has 4 nitrogen and oxygen atoms in total. The Morgan fingerprint density at radius 1 is 1.29 bits per heavy atom. The highest BCUT2D eigenvalue weighted by Crippen LogP contribution is 2.17. The van der Waals surface area contributed by atoms with Crippen LogP contribution in [0.25, 0.3) is 0 Å². The molecule has 0 bridgehead atoms. The number of rotatable bonds is 6. The fraction of sp³-hybridized carbons (Fsp3) is 0.923. The van der Waals surface area contributed by atoms with Gasteiger partial charge < -0.3 is 15.7 Å². The van der Waals surface area contributed by atoms with Crippen LogP contribution in [-0.2, 0) is 4.79 Å². The third-order valence-corrected chi connectivity index (χ3v) is 3.36. The second-order valence-electron chi connectivity index (χ2n) is 5.16. The first kappa shape index (κ1) is 14.5. The van der Waals surface area contributed by atoms with Crippen molar-refractivity contribution in [3.05, 3.63) is 0 Å². The Hall–Kier alpha value is -0.610. The molecule has 2 unspecified atom stereocenters. The molecule has 0 aromatic carbocycles. The summed E-state index contributed by atoms with van der Waals surface area (Å²) < 4.78 is 0. The molecule has 1 amide bonds. The van der Waals surface area contributed by atoms with Gasteiger partial charge >= 0.3 is 0 Å². The van der Waals surface area contributed by atoms with Crippen LogP contribution in [0.1, 0.15) is 52.4 Å². The zero-order chi connectivity index (χ0) is 12.7. The molecule has 1 aliphatic carbocycles. The summed E-state index contributed by atoms with van der Waals surface area (Å²) in [7, 11) is 0. The molecule has 0 radical (unpaired) electrons. The first-order valence-corrected chi connectivity index (χ1v) is 6.81. The lowest BCUT2D eigenvalue weighted by atomic mass is 9.95. The van der Waals surface area contributed by atoms with Crippen molar-refractivity contribution in [3.63, 3.8) is 0 Å². The number of nitrogens with one attached hydrogen (secondary N) is 2. The molecule has 4 heteroatoms. The van der Waals surface area contributed by atoms with Crippen molar-refractivity contribution in [1.82, 2.24) is 10.6 Å². The van der Waals surface area contributed by atoms with E-state index in [0.29, 0.717) is 19.0 Å². The summed E-state index contributed by atoms with van der Waals surface area (Å²) in [6.45, 7) is 4.31. The third kappa shape index (κ3) is 6.03. The fourth-order valence-electron chi connectivity index (χ4n) is 2.17. The van der Waals surface area contributed by atoms with E-state index in [1.807, 2.05) is 6.92 Å². The standard InChI is InChI=1S/C13H26N2O2/c1-10(16)8-9-14-11(2)13(17)15-12-6-4-3-5-7-12/h10-12,14,16H,3-9H2,1-2H3,(H,15,17). The van der Waals surface area contributed by atoms with Crippen molar-refractivity contribution in [3.8, 4) is 0 Å². The van der Waals surface area contributed by atoms with Crippen LogP contribution >= 0.6 is 0 Å². The van der Waals surface area contributed by atoms with Crippen LogP contribution in [0.4, 0.5) is 0 Å². The van der Waals surface area contributed by atoms with Gasteiger partial charge in [-0.1, -0.05) is 19.3 Å². The molecule has 0 saturated heterocycles. The van der Waals surface area contributed by atoms with Crippen molar-refractivity contribution in [2.24, 2.45) is 0 Å². The van der Waals surface area contributed by atoms with Gasteiger partial charge in [-0.2, -0.15) is 0 Å². The summed E-state index contributed by atoms with van der Waals surface area (Å²) in [6, 6.07) is 0.202. The Balaban J connectivity index is 2.16. The van der Waals surface area contributed by atoms with Crippen molar-refractivity contribution >= 4 is 5.91 Å². The van der Waals surface area contributed by atoms with Crippen LogP contribution in [0.2, 0.25) is 0 Å². The van der Waals surface area contributed by atoms with Crippen LogP contribution in [-0.4, -0.2) is 35.7 Å². The quantitative estimate of drug-likeness (QED) is 0.655. The molecule has 0 aromatic heterocycles. The van der Waals surface area contributed by atoms with Gasteiger partial charge in [-0.25, -0.2) is 0 Å². The van der Waals surface area contributed by atoms with Gasteiger partial charge in [0.2, 0.25) is 5.91 Å². The van der Waals surface area contributed by atoms with Gasteiger partial charge in [-0.3, -0.25) is 4.79 Å². The highest BCUT2D eigenvalue weighted by atomic mass is 16.3. The summed E-state index contributed by atoms with van der Waals surface area (Å²) in [5.41, 5.74) is 0. The molecule has 0 heterocycles. The Labute approximate surface area is 104 Å². The Kier molecular flexibility index (Phi) is 6.52. The molecule has 100 valence electrons. The first-order chi connectivity index (χ1) is 8.09. The van der Waals surface area contributed by atoms with E-state index in [-0.39, 0.29) is 18.1 Å². The average molecular weight is 242 g/mol. The van der Waals surface area contributed by atoms with Crippen LogP contribution in [0, 0.1) is 0 Å². The average Bonchev–Trinajstić information content (AvgIpc) is 2.29. The highest BCUT2D eigenvalue weighted by molar-refractivity contribution is 5.81. The molecule has 1 fully saturated rings. The van der Waals surface area contributed by atoms with Crippen molar-refractivity contribution in [2.75, 3.05) is 6.54 Å². The summed E-state index contributed by atoms with van der Waals surface area (Å²) in [5.74, 6) is 0.0856. The Morgan fingerprint density at radius 3 is 2.53 bits per heavy atom.